The molecule has 0 bridgehead atoms. The molecular formula is C20H40O2. The van der Waals surface area contributed by atoms with Gasteiger partial charge in [-0.05, 0) is 12.3 Å². The maximum atomic E-state index is 10.9. The Morgan fingerprint density at radius 1 is 0.773 bits per heavy atom. The van der Waals surface area contributed by atoms with Crippen molar-refractivity contribution in [2.24, 2.45) is 5.92 Å². The Labute approximate surface area is 139 Å². The second kappa shape index (κ2) is 16.8. The fraction of sp³-hybridized carbons (Fsp3) is 0.950. The predicted molar refractivity (Wildman–Crippen MR) is 96.1 cm³/mol. The summed E-state index contributed by atoms with van der Waals surface area (Å²) in [4.78, 5) is 10.9. The van der Waals surface area contributed by atoms with Crippen molar-refractivity contribution in [1.82, 2.24) is 0 Å². The summed E-state index contributed by atoms with van der Waals surface area (Å²) in [5.74, 6) is 0.858. The standard InChI is InChI=1S/C20H40O2/c1-4-19(2)17-15-13-11-9-7-5-6-8-10-12-14-16-18-20(21)22-3/h19H,4-18H2,1-3H3/t19-/m1/s1. The van der Waals surface area contributed by atoms with E-state index in [0.717, 1.165) is 12.3 Å². The van der Waals surface area contributed by atoms with Gasteiger partial charge >= 0.3 is 5.97 Å². The van der Waals surface area contributed by atoms with Crippen LogP contribution in [0.1, 0.15) is 110 Å². The Morgan fingerprint density at radius 2 is 1.18 bits per heavy atom. The van der Waals surface area contributed by atoms with Crippen LogP contribution in [0.5, 0.6) is 0 Å². The van der Waals surface area contributed by atoms with Gasteiger partial charge < -0.3 is 4.74 Å². The first-order valence-electron chi connectivity index (χ1n) is 9.77. The van der Waals surface area contributed by atoms with Crippen molar-refractivity contribution >= 4 is 5.97 Å². The molecule has 0 amide bonds. The first-order chi connectivity index (χ1) is 10.7. The van der Waals surface area contributed by atoms with Crippen molar-refractivity contribution < 1.29 is 9.53 Å². The van der Waals surface area contributed by atoms with Crippen molar-refractivity contribution in [1.29, 1.82) is 0 Å². The van der Waals surface area contributed by atoms with E-state index < -0.39 is 0 Å². The number of rotatable bonds is 16. The first kappa shape index (κ1) is 21.5. The van der Waals surface area contributed by atoms with Crippen LogP contribution < -0.4 is 0 Å². The minimum absolute atomic E-state index is 0.0656. The molecule has 0 fully saturated rings. The molecule has 0 aromatic heterocycles. The van der Waals surface area contributed by atoms with Gasteiger partial charge in [-0.15, -0.1) is 0 Å². The minimum Gasteiger partial charge on any atom is -0.469 e. The topological polar surface area (TPSA) is 26.3 Å². The predicted octanol–water partition coefficient (Wildman–Crippen LogP) is 6.67. The van der Waals surface area contributed by atoms with Gasteiger partial charge in [-0.2, -0.15) is 0 Å². The average molecular weight is 313 g/mol. The van der Waals surface area contributed by atoms with Crippen molar-refractivity contribution in [2.75, 3.05) is 7.11 Å². The molecule has 132 valence electrons. The van der Waals surface area contributed by atoms with Crippen LogP contribution in [-0.2, 0) is 9.53 Å². The summed E-state index contributed by atoms with van der Waals surface area (Å²) >= 11 is 0. The van der Waals surface area contributed by atoms with Gasteiger partial charge in [0, 0.05) is 6.42 Å². The molecule has 0 rings (SSSR count). The van der Waals surface area contributed by atoms with Gasteiger partial charge in [0.15, 0.2) is 0 Å². The second-order valence-electron chi connectivity index (χ2n) is 6.87. The molecule has 0 aliphatic heterocycles. The zero-order valence-corrected chi connectivity index (χ0v) is 15.5. The lowest BCUT2D eigenvalue weighted by Crippen LogP contribution is -1.99. The number of hydrogen-bond acceptors (Lipinski definition) is 2. The summed E-state index contributed by atoms with van der Waals surface area (Å²) in [6.07, 6.45) is 19.4. The highest BCUT2D eigenvalue weighted by atomic mass is 16.5. The molecule has 0 heterocycles. The van der Waals surface area contributed by atoms with Crippen LogP contribution in [-0.4, -0.2) is 13.1 Å². The molecule has 1 atom stereocenters. The molecule has 0 unspecified atom stereocenters. The van der Waals surface area contributed by atoms with Gasteiger partial charge in [0.2, 0.25) is 0 Å². The maximum Gasteiger partial charge on any atom is 0.305 e. The second-order valence-corrected chi connectivity index (χ2v) is 6.87. The molecule has 0 aliphatic carbocycles. The Bertz CT molecular complexity index is 238. The molecule has 0 saturated carbocycles. The molecule has 0 saturated heterocycles. The molecule has 0 aliphatic rings. The number of methoxy groups -OCH3 is 1. The van der Waals surface area contributed by atoms with E-state index in [1.165, 1.54) is 90.6 Å². The van der Waals surface area contributed by atoms with Crippen LogP contribution in [0.2, 0.25) is 0 Å². The number of esters is 1. The normalized spacial score (nSPS) is 12.3. The van der Waals surface area contributed by atoms with Crippen molar-refractivity contribution in [3.8, 4) is 0 Å². The Hall–Kier alpha value is -0.530. The smallest absolute Gasteiger partial charge is 0.305 e. The molecule has 22 heavy (non-hydrogen) atoms. The zero-order valence-electron chi connectivity index (χ0n) is 15.5. The summed E-state index contributed by atoms with van der Waals surface area (Å²) in [5, 5.41) is 0. The SMILES string of the molecule is CC[C@@H](C)CCCCCCCCCCCCCCC(=O)OC. The van der Waals surface area contributed by atoms with Gasteiger partial charge in [0.25, 0.3) is 0 Å². The van der Waals surface area contributed by atoms with Gasteiger partial charge in [-0.3, -0.25) is 4.79 Å². The lowest BCUT2D eigenvalue weighted by Gasteiger charge is -2.07. The van der Waals surface area contributed by atoms with Crippen molar-refractivity contribution in [2.45, 2.75) is 110 Å². The average Bonchev–Trinajstić information content (AvgIpc) is 2.54. The van der Waals surface area contributed by atoms with E-state index in [1.807, 2.05) is 0 Å². The Balaban J connectivity index is 3.04. The largest absolute Gasteiger partial charge is 0.469 e. The van der Waals surface area contributed by atoms with Crippen LogP contribution in [0.4, 0.5) is 0 Å². The van der Waals surface area contributed by atoms with Crippen molar-refractivity contribution in [3.63, 3.8) is 0 Å². The van der Waals surface area contributed by atoms with Crippen LogP contribution in [0, 0.1) is 5.92 Å². The summed E-state index contributed by atoms with van der Waals surface area (Å²) in [7, 11) is 1.47. The quantitative estimate of drug-likeness (QED) is 0.235. The van der Waals surface area contributed by atoms with E-state index in [2.05, 4.69) is 18.6 Å². The van der Waals surface area contributed by atoms with E-state index in [0.29, 0.717) is 6.42 Å². The minimum atomic E-state index is -0.0656. The third kappa shape index (κ3) is 15.9. The lowest BCUT2D eigenvalue weighted by atomic mass is 9.99. The highest BCUT2D eigenvalue weighted by molar-refractivity contribution is 5.68. The number of carbonyl (C=O) groups excluding carboxylic acids is 1. The highest BCUT2D eigenvalue weighted by Crippen LogP contribution is 2.15. The number of ether oxygens (including phenoxy) is 1. The van der Waals surface area contributed by atoms with E-state index in [9.17, 15) is 4.79 Å². The summed E-state index contributed by atoms with van der Waals surface area (Å²) in [6.45, 7) is 4.67. The summed E-state index contributed by atoms with van der Waals surface area (Å²) < 4.78 is 4.64. The fourth-order valence-electron chi connectivity index (χ4n) is 2.84. The molecule has 0 aromatic rings. The first-order valence-corrected chi connectivity index (χ1v) is 9.77. The molecule has 0 aromatic carbocycles. The number of carbonyl (C=O) groups is 1. The Morgan fingerprint density at radius 3 is 1.59 bits per heavy atom. The van der Waals surface area contributed by atoms with E-state index >= 15 is 0 Å². The van der Waals surface area contributed by atoms with Gasteiger partial charge in [-0.1, -0.05) is 97.3 Å². The maximum absolute atomic E-state index is 10.9. The van der Waals surface area contributed by atoms with E-state index in [1.54, 1.807) is 0 Å². The third-order valence-corrected chi connectivity index (χ3v) is 4.75. The van der Waals surface area contributed by atoms with Crippen LogP contribution in [0.25, 0.3) is 0 Å². The monoisotopic (exact) mass is 312 g/mol. The lowest BCUT2D eigenvalue weighted by molar-refractivity contribution is -0.140. The van der Waals surface area contributed by atoms with E-state index in [4.69, 9.17) is 0 Å². The third-order valence-electron chi connectivity index (χ3n) is 4.75. The fourth-order valence-corrected chi connectivity index (χ4v) is 2.84. The van der Waals surface area contributed by atoms with Gasteiger partial charge in [0.05, 0.1) is 7.11 Å². The Kier molecular flexibility index (Phi) is 16.4. The summed E-state index contributed by atoms with van der Waals surface area (Å²) in [6, 6.07) is 0. The molecule has 2 nitrogen and oxygen atoms in total. The van der Waals surface area contributed by atoms with Gasteiger partial charge in [0.1, 0.15) is 0 Å². The number of unbranched alkanes of at least 4 members (excludes halogenated alkanes) is 11. The molecule has 0 radical (unpaired) electrons. The molecule has 0 N–H and O–H groups in total. The molecule has 2 heteroatoms. The summed E-state index contributed by atoms with van der Waals surface area (Å²) in [5.41, 5.74) is 0. The highest BCUT2D eigenvalue weighted by Gasteiger charge is 2.00. The zero-order chi connectivity index (χ0) is 16.5. The molecule has 0 spiro atoms. The van der Waals surface area contributed by atoms with E-state index in [-0.39, 0.29) is 5.97 Å². The van der Waals surface area contributed by atoms with Gasteiger partial charge in [-0.25, -0.2) is 0 Å². The van der Waals surface area contributed by atoms with Crippen LogP contribution in [0.3, 0.4) is 0 Å². The van der Waals surface area contributed by atoms with Crippen LogP contribution in [0.15, 0.2) is 0 Å². The molecular weight excluding hydrogens is 272 g/mol. The van der Waals surface area contributed by atoms with Crippen molar-refractivity contribution in [3.05, 3.63) is 0 Å². The van der Waals surface area contributed by atoms with Crippen LogP contribution >= 0.6 is 0 Å². The number of hydrogen-bond donors (Lipinski definition) is 0.